The second-order valence-electron chi connectivity index (χ2n) is 3.13. The van der Waals surface area contributed by atoms with E-state index in [0.29, 0.717) is 16.5 Å². The molecule has 0 aromatic carbocycles. The lowest BCUT2D eigenvalue weighted by Crippen LogP contribution is -2.00. The van der Waals surface area contributed by atoms with E-state index < -0.39 is 5.97 Å². The third-order valence-corrected chi connectivity index (χ3v) is 3.20. The lowest BCUT2D eigenvalue weighted by molar-refractivity contribution is -0.133. The Balaban J connectivity index is 2.24. The Morgan fingerprint density at radius 1 is 1.71 bits per heavy atom. The monoisotopic (exact) mass is 273 g/mol. The van der Waals surface area contributed by atoms with E-state index in [9.17, 15) is 4.79 Å². The molecule has 0 aliphatic rings. The van der Waals surface area contributed by atoms with Gasteiger partial charge in [-0.25, -0.2) is 9.67 Å². The standard InChI is InChI=1S/C9H8ClN3O3S/c1-13-9(17-4-6(14)15)11-8(12-13)5-2-3-16-7(5)10/h2-3H,4H2,1H3,(H,14,15). The van der Waals surface area contributed by atoms with Gasteiger partial charge in [-0.1, -0.05) is 11.8 Å². The molecule has 2 aromatic rings. The molecule has 6 nitrogen and oxygen atoms in total. The third-order valence-electron chi connectivity index (χ3n) is 1.91. The van der Waals surface area contributed by atoms with E-state index in [-0.39, 0.29) is 11.0 Å². The summed E-state index contributed by atoms with van der Waals surface area (Å²) in [4.78, 5) is 14.7. The topological polar surface area (TPSA) is 81.2 Å². The fourth-order valence-corrected chi connectivity index (χ4v) is 2.02. The summed E-state index contributed by atoms with van der Waals surface area (Å²) in [5, 5.41) is 13.5. The van der Waals surface area contributed by atoms with Crippen LogP contribution in [-0.2, 0) is 11.8 Å². The number of aromatic nitrogens is 3. The molecule has 0 aliphatic heterocycles. The summed E-state index contributed by atoms with van der Waals surface area (Å²) in [6.45, 7) is 0. The number of rotatable bonds is 4. The lowest BCUT2D eigenvalue weighted by Gasteiger charge is -1.94. The van der Waals surface area contributed by atoms with Crippen molar-refractivity contribution >= 4 is 29.3 Å². The maximum absolute atomic E-state index is 10.5. The van der Waals surface area contributed by atoms with Crippen molar-refractivity contribution < 1.29 is 14.3 Å². The van der Waals surface area contributed by atoms with Gasteiger partial charge in [-0.3, -0.25) is 4.79 Å². The number of halogens is 1. The highest BCUT2D eigenvalue weighted by Crippen LogP contribution is 2.27. The van der Waals surface area contributed by atoms with Crippen molar-refractivity contribution in [2.45, 2.75) is 5.16 Å². The Labute approximate surface area is 106 Å². The highest BCUT2D eigenvalue weighted by atomic mass is 35.5. The van der Waals surface area contributed by atoms with Crippen molar-refractivity contribution in [2.75, 3.05) is 5.75 Å². The summed E-state index contributed by atoms with van der Waals surface area (Å²) in [6, 6.07) is 1.66. The predicted molar refractivity (Wildman–Crippen MR) is 62.1 cm³/mol. The summed E-state index contributed by atoms with van der Waals surface area (Å²) in [6.07, 6.45) is 1.44. The number of aliphatic carboxylic acids is 1. The molecule has 0 aliphatic carbocycles. The molecular formula is C9H8ClN3O3S. The quantitative estimate of drug-likeness (QED) is 0.857. The molecular weight excluding hydrogens is 266 g/mol. The number of furan rings is 1. The number of nitrogens with zero attached hydrogens (tertiary/aromatic N) is 3. The van der Waals surface area contributed by atoms with Crippen LogP contribution in [0.2, 0.25) is 5.22 Å². The molecule has 0 unspecified atom stereocenters. The van der Waals surface area contributed by atoms with Crippen LogP contribution in [0.1, 0.15) is 0 Å². The van der Waals surface area contributed by atoms with Gasteiger partial charge in [-0.15, -0.1) is 0 Å². The second kappa shape index (κ2) is 4.80. The van der Waals surface area contributed by atoms with Gasteiger partial charge in [0.2, 0.25) is 5.22 Å². The van der Waals surface area contributed by atoms with E-state index in [1.54, 1.807) is 13.1 Å². The number of carbonyl (C=O) groups is 1. The van der Waals surface area contributed by atoms with Gasteiger partial charge in [-0.05, 0) is 17.7 Å². The first-order valence-corrected chi connectivity index (χ1v) is 5.93. The third kappa shape index (κ3) is 2.62. The number of thioether (sulfide) groups is 1. The summed E-state index contributed by atoms with van der Waals surface area (Å²) >= 11 is 6.90. The van der Waals surface area contributed by atoms with Crippen LogP contribution in [0.3, 0.4) is 0 Å². The molecule has 8 heteroatoms. The largest absolute Gasteiger partial charge is 0.481 e. The van der Waals surface area contributed by atoms with Crippen LogP contribution in [0, 0.1) is 0 Å². The van der Waals surface area contributed by atoms with Crippen molar-refractivity contribution in [1.29, 1.82) is 0 Å². The molecule has 2 rings (SSSR count). The highest BCUT2D eigenvalue weighted by molar-refractivity contribution is 7.99. The maximum atomic E-state index is 10.5. The average molecular weight is 274 g/mol. The smallest absolute Gasteiger partial charge is 0.313 e. The van der Waals surface area contributed by atoms with Gasteiger partial charge in [0.05, 0.1) is 17.6 Å². The molecule has 90 valence electrons. The minimum absolute atomic E-state index is 0.0644. The zero-order valence-electron chi connectivity index (χ0n) is 8.75. The molecule has 2 heterocycles. The van der Waals surface area contributed by atoms with Crippen molar-refractivity contribution in [1.82, 2.24) is 14.8 Å². The molecule has 0 saturated heterocycles. The number of carboxylic acids is 1. The number of carboxylic acid groups (broad SMARTS) is 1. The fraction of sp³-hybridized carbons (Fsp3) is 0.222. The number of hydrogen-bond acceptors (Lipinski definition) is 5. The van der Waals surface area contributed by atoms with Crippen LogP contribution < -0.4 is 0 Å². The van der Waals surface area contributed by atoms with Gasteiger partial charge in [0, 0.05) is 7.05 Å². The van der Waals surface area contributed by atoms with E-state index >= 15 is 0 Å². The predicted octanol–water partition coefficient (Wildman–Crippen LogP) is 1.91. The molecule has 1 N–H and O–H groups in total. The van der Waals surface area contributed by atoms with Crippen molar-refractivity contribution in [2.24, 2.45) is 7.05 Å². The Kier molecular flexibility index (Phi) is 3.39. The molecule has 2 aromatic heterocycles. The van der Waals surface area contributed by atoms with Crippen LogP contribution >= 0.6 is 23.4 Å². The molecule has 0 fully saturated rings. The van der Waals surface area contributed by atoms with Gasteiger partial charge in [0.25, 0.3) is 0 Å². The van der Waals surface area contributed by atoms with Crippen LogP contribution in [0.15, 0.2) is 21.9 Å². The normalized spacial score (nSPS) is 10.7. The van der Waals surface area contributed by atoms with E-state index in [4.69, 9.17) is 21.1 Å². The van der Waals surface area contributed by atoms with Crippen molar-refractivity contribution in [3.05, 3.63) is 17.5 Å². The minimum atomic E-state index is -0.902. The first kappa shape index (κ1) is 12.0. The lowest BCUT2D eigenvalue weighted by atomic mass is 10.3. The molecule has 0 saturated carbocycles. The molecule has 0 amide bonds. The number of hydrogen-bond donors (Lipinski definition) is 1. The van der Waals surface area contributed by atoms with E-state index in [0.717, 1.165) is 11.8 Å². The Morgan fingerprint density at radius 3 is 3.06 bits per heavy atom. The van der Waals surface area contributed by atoms with Gasteiger partial charge < -0.3 is 9.52 Å². The van der Waals surface area contributed by atoms with Crippen LogP contribution in [0.4, 0.5) is 0 Å². The van der Waals surface area contributed by atoms with Crippen molar-refractivity contribution in [3.8, 4) is 11.4 Å². The zero-order chi connectivity index (χ0) is 12.4. The average Bonchev–Trinajstić information content (AvgIpc) is 2.82. The highest BCUT2D eigenvalue weighted by Gasteiger charge is 2.15. The van der Waals surface area contributed by atoms with E-state index in [1.807, 2.05) is 0 Å². The van der Waals surface area contributed by atoms with Crippen molar-refractivity contribution in [3.63, 3.8) is 0 Å². The van der Waals surface area contributed by atoms with Gasteiger partial charge >= 0.3 is 5.97 Å². The summed E-state index contributed by atoms with van der Waals surface area (Å²) < 4.78 is 6.45. The van der Waals surface area contributed by atoms with Gasteiger partial charge in [0.1, 0.15) is 0 Å². The molecule has 0 spiro atoms. The summed E-state index contributed by atoms with van der Waals surface area (Å²) in [5.74, 6) is -0.550. The summed E-state index contributed by atoms with van der Waals surface area (Å²) in [7, 11) is 1.69. The molecule has 0 radical (unpaired) electrons. The van der Waals surface area contributed by atoms with Gasteiger partial charge in [-0.2, -0.15) is 5.10 Å². The first-order valence-electron chi connectivity index (χ1n) is 4.57. The zero-order valence-corrected chi connectivity index (χ0v) is 10.3. The van der Waals surface area contributed by atoms with Gasteiger partial charge in [0.15, 0.2) is 11.0 Å². The maximum Gasteiger partial charge on any atom is 0.313 e. The number of aryl methyl sites for hydroxylation is 1. The molecule has 17 heavy (non-hydrogen) atoms. The fourth-order valence-electron chi connectivity index (χ4n) is 1.19. The van der Waals surface area contributed by atoms with Crippen LogP contribution in [-0.4, -0.2) is 31.6 Å². The first-order chi connectivity index (χ1) is 8.08. The molecule has 0 atom stereocenters. The SMILES string of the molecule is Cn1nc(-c2ccoc2Cl)nc1SCC(=O)O. The molecule has 0 bridgehead atoms. The second-order valence-corrected chi connectivity index (χ2v) is 4.42. The summed E-state index contributed by atoms with van der Waals surface area (Å²) in [5.41, 5.74) is 0.587. The van der Waals surface area contributed by atoms with E-state index in [1.165, 1.54) is 10.9 Å². The van der Waals surface area contributed by atoms with Crippen LogP contribution in [0.25, 0.3) is 11.4 Å². The van der Waals surface area contributed by atoms with Crippen LogP contribution in [0.5, 0.6) is 0 Å². The Hall–Kier alpha value is -1.47. The Morgan fingerprint density at radius 2 is 2.47 bits per heavy atom. The Bertz CT molecular complexity index is 551. The van der Waals surface area contributed by atoms with E-state index in [2.05, 4.69) is 10.1 Å². The minimum Gasteiger partial charge on any atom is -0.481 e.